The number of hydrogen-bond donors (Lipinski definition) is 0. The monoisotopic (exact) mass is 600 g/mol. The first-order valence-electron chi connectivity index (χ1n) is 16.3. The average molecular weight is 601 g/mol. The number of anilines is 2. The van der Waals surface area contributed by atoms with Crippen molar-refractivity contribution < 1.29 is 0 Å². The van der Waals surface area contributed by atoms with E-state index in [1.807, 2.05) is 0 Å². The maximum atomic E-state index is 5.15. The van der Waals surface area contributed by atoms with E-state index in [-0.39, 0.29) is 12.0 Å². The third kappa shape index (κ3) is 3.29. The Bertz CT molecular complexity index is 2820. The fourth-order valence-electron chi connectivity index (χ4n) is 8.45. The van der Waals surface area contributed by atoms with Crippen LogP contribution >= 0.6 is 0 Å². The van der Waals surface area contributed by atoms with Gasteiger partial charge in [0.25, 0.3) is 0 Å². The van der Waals surface area contributed by atoms with Crippen LogP contribution in [0.4, 0.5) is 11.4 Å². The summed E-state index contributed by atoms with van der Waals surface area (Å²) in [4.78, 5) is 7.72. The first kappa shape index (κ1) is 25.1. The fraction of sp³-hybridized carbons (Fsp3) is 0.0465. The Labute approximate surface area is 270 Å². The first-order valence-corrected chi connectivity index (χ1v) is 16.3. The summed E-state index contributed by atoms with van der Waals surface area (Å²) in [5.74, 6) is 0.287. The zero-order valence-electron chi connectivity index (χ0n) is 25.5. The fourth-order valence-corrected chi connectivity index (χ4v) is 8.45. The zero-order valence-corrected chi connectivity index (χ0v) is 25.5. The van der Waals surface area contributed by atoms with Crippen molar-refractivity contribution in [3.63, 3.8) is 0 Å². The standard InChI is InChI=1S/C43H28N4/c1-2-12-27(13-3-1)45-37-18-8-4-14-29(37)32-24-25-33-30-15-5-9-19-38(30)46(42(33)41(32)45)28-22-23-34-35(26-28)31-16-6-10-20-39(31)47-40-21-11-7-17-36(40)44-43(34)47/h1-26,29,37H/t29?,37-/m1/s1. The van der Waals surface area contributed by atoms with Gasteiger partial charge in [-0.05, 0) is 65.5 Å². The normalized spacial score (nSPS) is 17.1. The molecule has 0 amide bonds. The van der Waals surface area contributed by atoms with E-state index in [4.69, 9.17) is 4.98 Å². The highest BCUT2D eigenvalue weighted by Gasteiger charge is 2.39. The van der Waals surface area contributed by atoms with Crippen LogP contribution in [0.5, 0.6) is 0 Å². The Hall–Kier alpha value is -6.13. The maximum absolute atomic E-state index is 5.15. The summed E-state index contributed by atoms with van der Waals surface area (Å²) in [6.07, 6.45) is 9.13. The van der Waals surface area contributed by atoms with Gasteiger partial charge in [0.2, 0.25) is 0 Å². The molecule has 1 aliphatic carbocycles. The van der Waals surface area contributed by atoms with E-state index in [0.717, 1.165) is 27.8 Å². The summed E-state index contributed by atoms with van der Waals surface area (Å²) >= 11 is 0. The summed E-state index contributed by atoms with van der Waals surface area (Å²) in [7, 11) is 0. The van der Waals surface area contributed by atoms with Gasteiger partial charge in [0.05, 0.1) is 39.3 Å². The van der Waals surface area contributed by atoms with Crippen LogP contribution in [0.2, 0.25) is 0 Å². The van der Waals surface area contributed by atoms with Crippen LogP contribution in [-0.4, -0.2) is 20.0 Å². The van der Waals surface area contributed by atoms with Crippen LogP contribution < -0.4 is 4.90 Å². The predicted molar refractivity (Wildman–Crippen MR) is 195 cm³/mol. The van der Waals surface area contributed by atoms with E-state index in [2.05, 4.69) is 172 Å². The van der Waals surface area contributed by atoms with Crippen LogP contribution in [0.25, 0.3) is 65.8 Å². The quantitative estimate of drug-likeness (QED) is 0.185. The van der Waals surface area contributed by atoms with Gasteiger partial charge in [-0.15, -0.1) is 0 Å². The number of allylic oxidation sites excluding steroid dienone is 2. The Morgan fingerprint density at radius 2 is 1.21 bits per heavy atom. The summed E-state index contributed by atoms with van der Waals surface area (Å²) in [5.41, 5.74) is 11.8. The number of aromatic nitrogens is 3. The van der Waals surface area contributed by atoms with Crippen molar-refractivity contribution in [2.24, 2.45) is 0 Å². The lowest BCUT2D eigenvalue weighted by Crippen LogP contribution is -2.28. The van der Waals surface area contributed by atoms with Crippen LogP contribution in [0.15, 0.2) is 158 Å². The number of fused-ring (bicyclic) bond motifs is 15. The van der Waals surface area contributed by atoms with Crippen molar-refractivity contribution in [1.82, 2.24) is 14.0 Å². The number of benzene rings is 6. The van der Waals surface area contributed by atoms with E-state index >= 15 is 0 Å². The highest BCUT2D eigenvalue weighted by molar-refractivity contribution is 6.17. The van der Waals surface area contributed by atoms with Gasteiger partial charge in [-0.25, -0.2) is 4.98 Å². The molecule has 4 nitrogen and oxygen atoms in total. The molecular weight excluding hydrogens is 573 g/mol. The van der Waals surface area contributed by atoms with Gasteiger partial charge < -0.3 is 9.47 Å². The molecule has 3 aromatic heterocycles. The van der Waals surface area contributed by atoms with Gasteiger partial charge >= 0.3 is 0 Å². The molecule has 220 valence electrons. The first-order chi connectivity index (χ1) is 23.3. The molecule has 9 aromatic rings. The molecule has 4 heteroatoms. The Morgan fingerprint density at radius 1 is 0.511 bits per heavy atom. The molecule has 0 N–H and O–H groups in total. The lowest BCUT2D eigenvalue weighted by Gasteiger charge is -2.29. The van der Waals surface area contributed by atoms with Crippen LogP contribution in [0.3, 0.4) is 0 Å². The molecule has 4 heterocycles. The summed E-state index contributed by atoms with van der Waals surface area (Å²) in [6.45, 7) is 0. The third-order valence-electron chi connectivity index (χ3n) is 10.4. The minimum absolute atomic E-state index is 0.220. The molecule has 11 rings (SSSR count). The van der Waals surface area contributed by atoms with Crippen molar-refractivity contribution in [1.29, 1.82) is 0 Å². The average Bonchev–Trinajstić information content (AvgIpc) is 3.80. The van der Waals surface area contributed by atoms with Gasteiger partial charge in [-0.1, -0.05) is 103 Å². The van der Waals surface area contributed by atoms with Gasteiger partial charge in [-0.2, -0.15) is 0 Å². The minimum atomic E-state index is 0.220. The molecule has 2 aliphatic rings. The predicted octanol–water partition coefficient (Wildman–Crippen LogP) is 10.6. The number of rotatable bonds is 2. The molecule has 1 unspecified atom stereocenters. The second-order valence-electron chi connectivity index (χ2n) is 12.8. The summed E-state index contributed by atoms with van der Waals surface area (Å²) in [6, 6.07) is 48.8. The van der Waals surface area contributed by atoms with E-state index < -0.39 is 0 Å². The number of para-hydroxylation sites is 5. The van der Waals surface area contributed by atoms with Crippen molar-refractivity contribution in [3.8, 4) is 5.69 Å². The number of hydrogen-bond acceptors (Lipinski definition) is 2. The van der Waals surface area contributed by atoms with E-state index in [0.29, 0.717) is 0 Å². The lowest BCUT2D eigenvalue weighted by atomic mass is 9.91. The van der Waals surface area contributed by atoms with E-state index in [1.165, 1.54) is 55.0 Å². The SMILES string of the molecule is C1=CC2c3ccc4c5ccccc5n(-c5ccc6c(c5)c5ccccc5n5c7ccccc7nc65)c4c3N(c3ccccc3)[C@@H]2C=C1. The smallest absolute Gasteiger partial charge is 0.146 e. The van der Waals surface area contributed by atoms with Gasteiger partial charge in [-0.3, -0.25) is 4.40 Å². The highest BCUT2D eigenvalue weighted by Crippen LogP contribution is 2.52. The van der Waals surface area contributed by atoms with Gasteiger partial charge in [0.1, 0.15) is 5.65 Å². The molecule has 0 saturated carbocycles. The molecule has 0 saturated heterocycles. The van der Waals surface area contributed by atoms with Gasteiger partial charge in [0, 0.05) is 38.8 Å². The molecule has 0 spiro atoms. The third-order valence-corrected chi connectivity index (χ3v) is 10.4. The molecule has 1 aliphatic heterocycles. The van der Waals surface area contributed by atoms with Crippen molar-refractivity contribution in [2.75, 3.05) is 4.90 Å². The summed E-state index contributed by atoms with van der Waals surface area (Å²) < 4.78 is 4.82. The Morgan fingerprint density at radius 3 is 2.09 bits per heavy atom. The van der Waals surface area contributed by atoms with Crippen LogP contribution in [0.1, 0.15) is 11.5 Å². The number of nitrogens with zero attached hydrogens (tertiary/aromatic N) is 4. The Kier molecular flexibility index (Phi) is 4.92. The second kappa shape index (κ2) is 9.21. The topological polar surface area (TPSA) is 25.5 Å². The van der Waals surface area contributed by atoms with Crippen LogP contribution in [-0.2, 0) is 0 Å². The zero-order chi connectivity index (χ0) is 30.6. The largest absolute Gasteiger partial charge is 0.332 e. The second-order valence-corrected chi connectivity index (χ2v) is 12.8. The van der Waals surface area contributed by atoms with Crippen molar-refractivity contribution in [3.05, 3.63) is 163 Å². The molecular formula is C43H28N4. The number of imidazole rings is 1. The minimum Gasteiger partial charge on any atom is -0.332 e. The van der Waals surface area contributed by atoms with E-state index in [1.54, 1.807) is 0 Å². The lowest BCUT2D eigenvalue weighted by molar-refractivity contribution is 0.745. The molecule has 2 atom stereocenters. The summed E-state index contributed by atoms with van der Waals surface area (Å²) in [5, 5.41) is 6.12. The van der Waals surface area contributed by atoms with Crippen molar-refractivity contribution >= 4 is 71.5 Å². The van der Waals surface area contributed by atoms with Gasteiger partial charge in [0.15, 0.2) is 0 Å². The van der Waals surface area contributed by atoms with Crippen LogP contribution in [0, 0.1) is 0 Å². The Balaban J connectivity index is 1.27. The number of pyridine rings is 1. The molecule has 6 aromatic carbocycles. The molecule has 0 fully saturated rings. The van der Waals surface area contributed by atoms with E-state index in [9.17, 15) is 0 Å². The highest BCUT2D eigenvalue weighted by atomic mass is 15.2. The molecule has 0 radical (unpaired) electrons. The maximum Gasteiger partial charge on any atom is 0.146 e. The molecule has 47 heavy (non-hydrogen) atoms. The van der Waals surface area contributed by atoms with Crippen molar-refractivity contribution in [2.45, 2.75) is 12.0 Å². The molecule has 0 bridgehead atoms.